The third-order valence-electron chi connectivity index (χ3n) is 2.63. The van der Waals surface area contributed by atoms with Crippen LogP contribution in [0, 0.1) is 11.2 Å². The molecule has 2 rings (SSSR count). The van der Waals surface area contributed by atoms with Gasteiger partial charge in [0.05, 0.1) is 6.54 Å². The summed E-state index contributed by atoms with van der Waals surface area (Å²) in [5.41, 5.74) is 4.55. The number of nitrogens with one attached hydrogen (secondary N) is 1. The van der Waals surface area contributed by atoms with Crippen LogP contribution in [-0.4, -0.2) is 15.6 Å². The van der Waals surface area contributed by atoms with Crippen LogP contribution in [0.1, 0.15) is 16.8 Å². The van der Waals surface area contributed by atoms with Gasteiger partial charge in [0.25, 0.3) is 0 Å². The van der Waals surface area contributed by atoms with Crippen molar-refractivity contribution in [2.45, 2.75) is 12.7 Å². The fourth-order valence-corrected chi connectivity index (χ4v) is 1.62. The SMILES string of the molecule is N=C(N)c1ccc(Cn2ccc(C(F)(F)F)n2)c(F)c1. The van der Waals surface area contributed by atoms with Gasteiger partial charge in [-0.15, -0.1) is 0 Å². The fraction of sp³-hybridized carbons (Fsp3) is 0.167. The van der Waals surface area contributed by atoms with Crippen molar-refractivity contribution < 1.29 is 17.6 Å². The largest absolute Gasteiger partial charge is 0.435 e. The number of amidine groups is 1. The van der Waals surface area contributed by atoms with E-state index in [0.29, 0.717) is 0 Å². The molecular formula is C12H10F4N4. The van der Waals surface area contributed by atoms with Gasteiger partial charge in [-0.2, -0.15) is 18.3 Å². The Hall–Kier alpha value is -2.38. The monoisotopic (exact) mass is 286 g/mol. The Morgan fingerprint density at radius 3 is 2.50 bits per heavy atom. The summed E-state index contributed by atoms with van der Waals surface area (Å²) in [5, 5.41) is 10.5. The number of benzene rings is 1. The molecule has 0 spiro atoms. The van der Waals surface area contributed by atoms with E-state index >= 15 is 0 Å². The van der Waals surface area contributed by atoms with Crippen molar-refractivity contribution >= 4 is 5.84 Å². The Labute approximate surface area is 111 Å². The molecule has 4 nitrogen and oxygen atoms in total. The van der Waals surface area contributed by atoms with E-state index in [1.807, 2.05) is 0 Å². The minimum Gasteiger partial charge on any atom is -0.384 e. The predicted molar refractivity (Wildman–Crippen MR) is 63.7 cm³/mol. The van der Waals surface area contributed by atoms with Gasteiger partial charge in [-0.1, -0.05) is 12.1 Å². The Kier molecular flexibility index (Phi) is 3.47. The van der Waals surface area contributed by atoms with E-state index in [0.717, 1.165) is 23.0 Å². The molecule has 0 aliphatic rings. The quantitative estimate of drug-likeness (QED) is 0.517. The first-order chi connectivity index (χ1) is 9.27. The standard InChI is InChI=1S/C12H10F4N4/c13-9-5-7(11(17)18)1-2-8(9)6-20-4-3-10(19-20)12(14,15)16/h1-5H,6H2,(H3,17,18). The van der Waals surface area contributed by atoms with Crippen LogP contribution >= 0.6 is 0 Å². The third-order valence-corrected chi connectivity index (χ3v) is 2.63. The fourth-order valence-electron chi connectivity index (χ4n) is 1.62. The van der Waals surface area contributed by atoms with Crippen LogP contribution in [0.3, 0.4) is 0 Å². The molecule has 0 aliphatic carbocycles. The number of nitrogens with two attached hydrogens (primary N) is 1. The summed E-state index contributed by atoms with van der Waals surface area (Å²) in [6.07, 6.45) is -3.40. The van der Waals surface area contributed by atoms with E-state index in [2.05, 4.69) is 5.10 Å². The zero-order chi connectivity index (χ0) is 14.9. The van der Waals surface area contributed by atoms with Gasteiger partial charge in [0.1, 0.15) is 11.7 Å². The van der Waals surface area contributed by atoms with E-state index in [1.165, 1.54) is 12.1 Å². The predicted octanol–water partition coefficient (Wildman–Crippen LogP) is 2.37. The van der Waals surface area contributed by atoms with Crippen molar-refractivity contribution in [3.8, 4) is 0 Å². The highest BCUT2D eigenvalue weighted by Gasteiger charge is 2.33. The molecule has 0 radical (unpaired) electrons. The highest BCUT2D eigenvalue weighted by molar-refractivity contribution is 5.94. The summed E-state index contributed by atoms with van der Waals surface area (Å²) in [5.74, 6) is -0.935. The second kappa shape index (κ2) is 4.95. The molecular weight excluding hydrogens is 276 g/mol. The number of nitrogen functional groups attached to an aromatic ring is 1. The summed E-state index contributed by atoms with van der Waals surface area (Å²) < 4.78 is 51.8. The maximum Gasteiger partial charge on any atom is 0.435 e. The first-order valence-electron chi connectivity index (χ1n) is 5.51. The lowest BCUT2D eigenvalue weighted by Crippen LogP contribution is -2.12. The minimum absolute atomic E-state index is 0.139. The average Bonchev–Trinajstić information content (AvgIpc) is 2.80. The first-order valence-corrected chi connectivity index (χ1v) is 5.51. The van der Waals surface area contributed by atoms with Crippen LogP contribution in [0.2, 0.25) is 0 Å². The van der Waals surface area contributed by atoms with Crippen LogP contribution < -0.4 is 5.73 Å². The van der Waals surface area contributed by atoms with Gasteiger partial charge in [-0.25, -0.2) is 4.39 Å². The number of hydrogen-bond acceptors (Lipinski definition) is 2. The van der Waals surface area contributed by atoms with Crippen molar-refractivity contribution in [1.29, 1.82) is 5.41 Å². The molecule has 1 aromatic carbocycles. The van der Waals surface area contributed by atoms with Crippen molar-refractivity contribution in [1.82, 2.24) is 9.78 Å². The zero-order valence-electron chi connectivity index (χ0n) is 10.1. The highest BCUT2D eigenvalue weighted by atomic mass is 19.4. The molecule has 1 aromatic heterocycles. The van der Waals surface area contributed by atoms with Crippen LogP contribution in [0.25, 0.3) is 0 Å². The molecule has 0 amide bonds. The second-order valence-electron chi connectivity index (χ2n) is 4.12. The Morgan fingerprint density at radius 1 is 1.30 bits per heavy atom. The van der Waals surface area contributed by atoms with E-state index in [9.17, 15) is 17.6 Å². The third kappa shape index (κ3) is 2.95. The van der Waals surface area contributed by atoms with Gasteiger partial charge in [-0.05, 0) is 12.1 Å². The molecule has 106 valence electrons. The lowest BCUT2D eigenvalue weighted by atomic mass is 10.1. The number of alkyl halides is 3. The molecule has 8 heteroatoms. The van der Waals surface area contributed by atoms with Gasteiger partial charge in [-0.3, -0.25) is 10.1 Å². The van der Waals surface area contributed by atoms with Gasteiger partial charge >= 0.3 is 6.18 Å². The van der Waals surface area contributed by atoms with Gasteiger partial charge < -0.3 is 5.73 Å². The summed E-state index contributed by atoms with van der Waals surface area (Å²) in [6.45, 7) is -0.139. The zero-order valence-corrected chi connectivity index (χ0v) is 10.1. The topological polar surface area (TPSA) is 67.7 Å². The van der Waals surface area contributed by atoms with E-state index < -0.39 is 17.7 Å². The minimum atomic E-state index is -4.53. The van der Waals surface area contributed by atoms with E-state index in [1.54, 1.807) is 0 Å². The highest BCUT2D eigenvalue weighted by Crippen LogP contribution is 2.27. The lowest BCUT2D eigenvalue weighted by Gasteiger charge is -2.06. The molecule has 0 unspecified atom stereocenters. The van der Waals surface area contributed by atoms with Gasteiger partial charge in [0.15, 0.2) is 5.69 Å². The molecule has 0 aliphatic heterocycles. The number of nitrogens with zero attached hydrogens (tertiary/aromatic N) is 2. The van der Waals surface area contributed by atoms with E-state index in [-0.39, 0.29) is 23.5 Å². The summed E-state index contributed by atoms with van der Waals surface area (Å²) in [7, 11) is 0. The van der Waals surface area contributed by atoms with Crippen molar-refractivity contribution in [2.24, 2.45) is 5.73 Å². The van der Waals surface area contributed by atoms with Crippen molar-refractivity contribution in [3.63, 3.8) is 0 Å². The number of hydrogen-bond donors (Lipinski definition) is 2. The maximum atomic E-state index is 13.7. The van der Waals surface area contributed by atoms with E-state index in [4.69, 9.17) is 11.1 Å². The van der Waals surface area contributed by atoms with Crippen LogP contribution in [-0.2, 0) is 12.7 Å². The molecule has 3 N–H and O–H groups in total. The van der Waals surface area contributed by atoms with Crippen molar-refractivity contribution in [2.75, 3.05) is 0 Å². The number of rotatable bonds is 3. The van der Waals surface area contributed by atoms with Crippen LogP contribution in [0.15, 0.2) is 30.5 Å². The molecule has 1 heterocycles. The lowest BCUT2D eigenvalue weighted by molar-refractivity contribution is -0.141. The normalized spacial score (nSPS) is 11.6. The summed E-state index contributed by atoms with van der Waals surface area (Å²) in [6, 6.07) is 4.67. The molecule has 20 heavy (non-hydrogen) atoms. The van der Waals surface area contributed by atoms with Gasteiger partial charge in [0, 0.05) is 17.3 Å². The first kappa shape index (κ1) is 14.0. The average molecular weight is 286 g/mol. The molecule has 0 atom stereocenters. The Morgan fingerprint density at radius 2 is 2.00 bits per heavy atom. The molecule has 2 aromatic rings. The number of halogens is 4. The second-order valence-corrected chi connectivity index (χ2v) is 4.12. The smallest absolute Gasteiger partial charge is 0.384 e. The van der Waals surface area contributed by atoms with Crippen molar-refractivity contribution in [3.05, 3.63) is 53.1 Å². The molecule has 0 saturated carbocycles. The summed E-state index contributed by atoms with van der Waals surface area (Å²) >= 11 is 0. The Bertz CT molecular complexity index is 645. The maximum absolute atomic E-state index is 13.7. The molecule has 0 fully saturated rings. The number of aromatic nitrogens is 2. The van der Waals surface area contributed by atoms with Crippen LogP contribution in [0.4, 0.5) is 17.6 Å². The Balaban J connectivity index is 2.22. The molecule has 0 bridgehead atoms. The molecule has 0 saturated heterocycles. The van der Waals surface area contributed by atoms with Gasteiger partial charge in [0.2, 0.25) is 0 Å². The summed E-state index contributed by atoms with van der Waals surface area (Å²) in [4.78, 5) is 0. The van der Waals surface area contributed by atoms with Crippen LogP contribution in [0.5, 0.6) is 0 Å².